The molecule has 1 aromatic rings. The molecule has 2 N–H and O–H groups in total. The predicted octanol–water partition coefficient (Wildman–Crippen LogP) is 2.46. The lowest BCUT2D eigenvalue weighted by atomic mass is 10.1. The number of nitrogens with zero attached hydrogens (tertiary/aromatic N) is 1. The van der Waals surface area contributed by atoms with Crippen molar-refractivity contribution in [3.05, 3.63) is 34.6 Å². The Kier molecular flexibility index (Phi) is 5.38. The molecule has 1 aromatic carbocycles. The Balaban J connectivity index is 0.00000162. The molecule has 100 valence electrons. The first-order chi connectivity index (χ1) is 8.08. The summed E-state index contributed by atoms with van der Waals surface area (Å²) in [7, 11) is 0. The molecule has 6 heteroatoms. The van der Waals surface area contributed by atoms with Crippen LogP contribution in [0.15, 0.2) is 18.2 Å². The molecule has 0 radical (unpaired) electrons. The van der Waals surface area contributed by atoms with E-state index in [1.54, 1.807) is 4.90 Å². The molecule has 1 saturated heterocycles. The number of nitrogens with two attached hydrogens (primary N) is 1. The smallest absolute Gasteiger partial charge is 0.254 e. The van der Waals surface area contributed by atoms with Crippen LogP contribution in [0.3, 0.4) is 0 Å². The summed E-state index contributed by atoms with van der Waals surface area (Å²) in [6, 6.07) is 4.12. The van der Waals surface area contributed by atoms with Crippen LogP contribution in [0.25, 0.3) is 0 Å². The van der Waals surface area contributed by atoms with E-state index in [2.05, 4.69) is 0 Å². The maximum atomic E-state index is 13.3. The van der Waals surface area contributed by atoms with Crippen LogP contribution in [-0.4, -0.2) is 29.9 Å². The van der Waals surface area contributed by atoms with E-state index in [-0.39, 0.29) is 29.4 Å². The number of hydrogen-bond acceptors (Lipinski definition) is 2. The van der Waals surface area contributed by atoms with Gasteiger partial charge in [0.2, 0.25) is 0 Å². The van der Waals surface area contributed by atoms with Gasteiger partial charge in [0.15, 0.2) is 0 Å². The highest BCUT2D eigenvalue weighted by Crippen LogP contribution is 2.18. The molecule has 0 aromatic heterocycles. The lowest BCUT2D eigenvalue weighted by molar-refractivity contribution is 0.0708. The number of hydrogen-bond donors (Lipinski definition) is 1. The molecule has 1 aliphatic heterocycles. The van der Waals surface area contributed by atoms with Crippen molar-refractivity contribution in [1.82, 2.24) is 4.90 Å². The molecule has 1 amide bonds. The van der Waals surface area contributed by atoms with Gasteiger partial charge in [-0.15, -0.1) is 12.4 Å². The zero-order valence-electron chi connectivity index (χ0n) is 9.73. The number of carbonyl (C=O) groups excluding carboxylic acids is 1. The second kappa shape index (κ2) is 6.36. The summed E-state index contributed by atoms with van der Waals surface area (Å²) in [6.07, 6.45) is 1.82. The number of piperidine rings is 1. The van der Waals surface area contributed by atoms with E-state index in [0.29, 0.717) is 18.7 Å². The summed E-state index contributed by atoms with van der Waals surface area (Å²) in [4.78, 5) is 13.7. The van der Waals surface area contributed by atoms with E-state index < -0.39 is 5.82 Å². The van der Waals surface area contributed by atoms with Crippen LogP contribution >= 0.6 is 24.0 Å². The van der Waals surface area contributed by atoms with Gasteiger partial charge < -0.3 is 10.6 Å². The lowest BCUT2D eigenvalue weighted by Gasteiger charge is -2.30. The van der Waals surface area contributed by atoms with Crippen molar-refractivity contribution in [2.45, 2.75) is 18.9 Å². The largest absolute Gasteiger partial charge is 0.337 e. The van der Waals surface area contributed by atoms with Crippen molar-refractivity contribution in [2.75, 3.05) is 13.1 Å². The molecule has 0 saturated carbocycles. The standard InChI is InChI=1S/C12H14ClFN2O.ClH/c13-10-4-3-8(6-11(10)14)12(17)16-5-1-2-9(15)7-16;/h3-4,6,9H,1-2,5,7,15H2;1H. The van der Waals surface area contributed by atoms with Gasteiger partial charge in [-0.3, -0.25) is 4.79 Å². The Morgan fingerprint density at radius 1 is 1.50 bits per heavy atom. The maximum Gasteiger partial charge on any atom is 0.254 e. The third-order valence-electron chi connectivity index (χ3n) is 2.91. The minimum Gasteiger partial charge on any atom is -0.337 e. The van der Waals surface area contributed by atoms with E-state index in [1.165, 1.54) is 18.2 Å². The summed E-state index contributed by atoms with van der Waals surface area (Å²) in [5, 5.41) is 0.0249. The van der Waals surface area contributed by atoms with Crippen molar-refractivity contribution in [3.63, 3.8) is 0 Å². The first-order valence-electron chi connectivity index (χ1n) is 5.58. The van der Waals surface area contributed by atoms with Gasteiger partial charge in [0.25, 0.3) is 5.91 Å². The normalized spacial score (nSPS) is 19.3. The minimum absolute atomic E-state index is 0. The Morgan fingerprint density at radius 3 is 2.83 bits per heavy atom. The zero-order valence-corrected chi connectivity index (χ0v) is 11.3. The molecule has 1 aliphatic rings. The number of benzene rings is 1. The summed E-state index contributed by atoms with van der Waals surface area (Å²) < 4.78 is 13.3. The summed E-state index contributed by atoms with van der Waals surface area (Å²) >= 11 is 5.57. The molecule has 1 atom stereocenters. The van der Waals surface area contributed by atoms with Crippen molar-refractivity contribution >= 4 is 29.9 Å². The number of rotatable bonds is 1. The topological polar surface area (TPSA) is 46.3 Å². The molecule has 1 fully saturated rings. The molecular formula is C12H15Cl2FN2O. The summed E-state index contributed by atoms with van der Waals surface area (Å²) in [5.74, 6) is -0.755. The predicted molar refractivity (Wildman–Crippen MR) is 71.8 cm³/mol. The third-order valence-corrected chi connectivity index (χ3v) is 3.22. The minimum atomic E-state index is -0.571. The van der Waals surface area contributed by atoms with Gasteiger partial charge >= 0.3 is 0 Å². The van der Waals surface area contributed by atoms with E-state index in [9.17, 15) is 9.18 Å². The van der Waals surface area contributed by atoms with Crippen molar-refractivity contribution in [1.29, 1.82) is 0 Å². The molecule has 3 nitrogen and oxygen atoms in total. The van der Waals surface area contributed by atoms with Crippen LogP contribution in [0.1, 0.15) is 23.2 Å². The van der Waals surface area contributed by atoms with Gasteiger partial charge in [0, 0.05) is 24.7 Å². The fourth-order valence-electron chi connectivity index (χ4n) is 2.01. The first-order valence-corrected chi connectivity index (χ1v) is 5.95. The highest BCUT2D eigenvalue weighted by Gasteiger charge is 2.22. The molecule has 0 spiro atoms. The molecule has 0 aliphatic carbocycles. The summed E-state index contributed by atoms with van der Waals surface area (Å²) in [5.41, 5.74) is 6.13. The third kappa shape index (κ3) is 3.34. The van der Waals surface area contributed by atoms with Crippen molar-refractivity contribution in [2.24, 2.45) is 5.73 Å². The highest BCUT2D eigenvalue weighted by molar-refractivity contribution is 6.30. The van der Waals surface area contributed by atoms with E-state index in [0.717, 1.165) is 12.8 Å². The Bertz CT molecular complexity index is 442. The summed E-state index contributed by atoms with van der Waals surface area (Å²) in [6.45, 7) is 1.21. The fourth-order valence-corrected chi connectivity index (χ4v) is 2.12. The Hall–Kier alpha value is -0.840. The van der Waals surface area contributed by atoms with Crippen LogP contribution in [0.2, 0.25) is 5.02 Å². The van der Waals surface area contributed by atoms with E-state index in [1.807, 2.05) is 0 Å². The van der Waals surface area contributed by atoms with Crippen LogP contribution in [0.5, 0.6) is 0 Å². The van der Waals surface area contributed by atoms with E-state index >= 15 is 0 Å². The quantitative estimate of drug-likeness (QED) is 0.864. The number of halogens is 3. The molecule has 1 unspecified atom stereocenters. The number of likely N-dealkylation sites (tertiary alicyclic amines) is 1. The zero-order chi connectivity index (χ0) is 12.4. The second-order valence-electron chi connectivity index (χ2n) is 4.28. The van der Waals surface area contributed by atoms with Gasteiger partial charge in [-0.2, -0.15) is 0 Å². The van der Waals surface area contributed by atoms with Gasteiger partial charge in [0.05, 0.1) is 5.02 Å². The lowest BCUT2D eigenvalue weighted by Crippen LogP contribution is -2.45. The average Bonchev–Trinajstić information content (AvgIpc) is 2.32. The van der Waals surface area contributed by atoms with Gasteiger partial charge in [-0.25, -0.2) is 4.39 Å². The molecule has 2 rings (SSSR count). The average molecular weight is 293 g/mol. The van der Waals surface area contributed by atoms with Gasteiger partial charge in [0.1, 0.15) is 5.82 Å². The monoisotopic (exact) mass is 292 g/mol. The van der Waals surface area contributed by atoms with Crippen LogP contribution in [0.4, 0.5) is 4.39 Å². The molecule has 0 bridgehead atoms. The Morgan fingerprint density at radius 2 is 2.22 bits per heavy atom. The van der Waals surface area contributed by atoms with Crippen LogP contribution in [0, 0.1) is 5.82 Å². The van der Waals surface area contributed by atoms with Crippen LogP contribution < -0.4 is 5.73 Å². The Labute approximate surface area is 116 Å². The van der Waals surface area contributed by atoms with E-state index in [4.69, 9.17) is 17.3 Å². The fraction of sp³-hybridized carbons (Fsp3) is 0.417. The van der Waals surface area contributed by atoms with Gasteiger partial charge in [-0.05, 0) is 31.0 Å². The number of carbonyl (C=O) groups is 1. The molecular weight excluding hydrogens is 278 g/mol. The first kappa shape index (κ1) is 15.2. The maximum absolute atomic E-state index is 13.3. The number of amides is 1. The molecule has 1 heterocycles. The van der Waals surface area contributed by atoms with Gasteiger partial charge in [-0.1, -0.05) is 11.6 Å². The SMILES string of the molecule is Cl.NC1CCCN(C(=O)c2ccc(Cl)c(F)c2)C1. The van der Waals surface area contributed by atoms with Crippen molar-refractivity contribution < 1.29 is 9.18 Å². The van der Waals surface area contributed by atoms with Crippen LogP contribution in [-0.2, 0) is 0 Å². The van der Waals surface area contributed by atoms with Crippen molar-refractivity contribution in [3.8, 4) is 0 Å². The highest BCUT2D eigenvalue weighted by atomic mass is 35.5. The second-order valence-corrected chi connectivity index (χ2v) is 4.69. The molecule has 18 heavy (non-hydrogen) atoms.